The third-order valence-corrected chi connectivity index (χ3v) is 3.95. The van der Waals surface area contributed by atoms with Crippen molar-refractivity contribution in [1.82, 2.24) is 0 Å². The maximum absolute atomic E-state index is 11.6. The normalized spacial score (nSPS) is 9.68. The van der Waals surface area contributed by atoms with Gasteiger partial charge in [-0.1, -0.05) is 0 Å². The van der Waals surface area contributed by atoms with E-state index in [1.165, 1.54) is 12.1 Å². The fourth-order valence-electron chi connectivity index (χ4n) is 1.31. The molecule has 2 aromatic rings. The summed E-state index contributed by atoms with van der Waals surface area (Å²) >= 11 is -1.78. The summed E-state index contributed by atoms with van der Waals surface area (Å²) in [5.41, 5.74) is -0.397. The quantitative estimate of drug-likeness (QED) is 0.773. The molecule has 0 unspecified atom stereocenters. The van der Waals surface area contributed by atoms with Gasteiger partial charge in [0.15, 0.2) is 0 Å². The van der Waals surface area contributed by atoms with Crippen LogP contribution in [0.2, 0.25) is 0 Å². The molecule has 0 amide bonds. The van der Waals surface area contributed by atoms with E-state index in [1.807, 2.05) is 0 Å². The van der Waals surface area contributed by atoms with Gasteiger partial charge in [0.05, 0.1) is 0 Å². The van der Waals surface area contributed by atoms with E-state index >= 15 is 0 Å². The Morgan fingerprint density at radius 1 is 0.632 bits per heavy atom. The van der Waals surface area contributed by atoms with Gasteiger partial charge in [-0.2, -0.15) is 0 Å². The second-order valence-corrected chi connectivity index (χ2v) is 5.21. The molecule has 2 radical (unpaired) electrons. The van der Waals surface area contributed by atoms with Crippen LogP contribution >= 0.6 is 0 Å². The van der Waals surface area contributed by atoms with Crippen LogP contribution in [-0.4, -0.2) is 22.0 Å². The summed E-state index contributed by atoms with van der Waals surface area (Å²) in [6.07, 6.45) is 0. The van der Waals surface area contributed by atoms with Crippen LogP contribution < -0.4 is 17.0 Å². The van der Waals surface area contributed by atoms with E-state index in [1.54, 1.807) is 48.5 Å². The first-order chi connectivity index (χ1) is 9.27. The van der Waals surface area contributed by atoms with Gasteiger partial charge in [-0.15, -0.1) is 0 Å². The number of hydrogen-bond donors (Lipinski definition) is 0. The maximum atomic E-state index is 11.6. The molecular formula is C14H10O4Sn. The van der Waals surface area contributed by atoms with E-state index in [-0.39, 0.29) is 22.4 Å². The van der Waals surface area contributed by atoms with E-state index < -0.39 is 22.0 Å². The van der Waals surface area contributed by atoms with Gasteiger partial charge in [-0.25, -0.2) is 0 Å². The van der Waals surface area contributed by atoms with Gasteiger partial charge in [-0.3, -0.25) is 0 Å². The molecule has 0 spiro atoms. The third-order valence-electron chi connectivity index (χ3n) is 2.22. The molecule has 0 saturated carbocycles. The van der Waals surface area contributed by atoms with Crippen molar-refractivity contribution in [1.29, 1.82) is 0 Å². The van der Waals surface area contributed by atoms with E-state index in [0.717, 1.165) is 0 Å². The Balaban J connectivity index is 2.06. The second kappa shape index (κ2) is 6.94. The standard InChI is InChI=1S/2C7H6O2.Sn/c2*8-6-4-2-1-3-5-7(6)9;/h2*1-5H,(H,8,9);/q;;+2/p-2. The molecule has 4 nitrogen and oxygen atoms in total. The Kier molecular flexibility index (Phi) is 4.97. The Hall–Kier alpha value is -1.82. The topological polar surface area (TPSA) is 52.6 Å². The first-order valence-corrected chi connectivity index (χ1v) is 7.88. The van der Waals surface area contributed by atoms with Crippen LogP contribution in [0.25, 0.3) is 0 Å². The van der Waals surface area contributed by atoms with Gasteiger partial charge in [0, 0.05) is 0 Å². The van der Waals surface area contributed by atoms with E-state index in [0.29, 0.717) is 0 Å². The van der Waals surface area contributed by atoms with Crippen molar-refractivity contribution in [2.75, 3.05) is 0 Å². The van der Waals surface area contributed by atoms with Crippen molar-refractivity contribution in [3.63, 3.8) is 0 Å². The van der Waals surface area contributed by atoms with Gasteiger partial charge in [0.2, 0.25) is 0 Å². The summed E-state index contributed by atoms with van der Waals surface area (Å²) in [6.45, 7) is 0. The SMILES string of the molecule is O=c1cccccc1[O][Sn][O]c1cccccc1=O. The van der Waals surface area contributed by atoms with Crippen molar-refractivity contribution >= 4 is 22.0 Å². The van der Waals surface area contributed by atoms with Gasteiger partial charge < -0.3 is 0 Å². The van der Waals surface area contributed by atoms with Crippen molar-refractivity contribution in [3.8, 4) is 11.5 Å². The van der Waals surface area contributed by atoms with E-state index in [2.05, 4.69) is 0 Å². The number of hydrogen-bond acceptors (Lipinski definition) is 4. The predicted octanol–water partition coefficient (Wildman–Crippen LogP) is 1.40. The summed E-state index contributed by atoms with van der Waals surface area (Å²) < 4.78 is 10.8. The first-order valence-electron chi connectivity index (χ1n) is 5.55. The Bertz CT molecular complexity index is 614. The molecule has 0 bridgehead atoms. The molecule has 0 atom stereocenters. The molecule has 94 valence electrons. The molecular weight excluding hydrogens is 351 g/mol. The molecule has 19 heavy (non-hydrogen) atoms. The van der Waals surface area contributed by atoms with Crippen LogP contribution in [0.1, 0.15) is 0 Å². The molecule has 0 saturated heterocycles. The molecule has 0 aliphatic carbocycles. The summed E-state index contributed by atoms with van der Waals surface area (Å²) in [7, 11) is 0. The van der Waals surface area contributed by atoms with E-state index in [9.17, 15) is 9.59 Å². The van der Waals surface area contributed by atoms with Crippen molar-refractivity contribution < 1.29 is 6.15 Å². The van der Waals surface area contributed by atoms with Crippen molar-refractivity contribution in [3.05, 3.63) is 81.1 Å². The fraction of sp³-hybridized carbons (Fsp3) is 0. The van der Waals surface area contributed by atoms with Crippen LogP contribution in [0.4, 0.5) is 0 Å². The molecule has 0 aromatic heterocycles. The Morgan fingerprint density at radius 2 is 1.05 bits per heavy atom. The summed E-state index contributed by atoms with van der Waals surface area (Å²) in [6, 6.07) is 16.3. The van der Waals surface area contributed by atoms with Crippen molar-refractivity contribution in [2.45, 2.75) is 0 Å². The van der Waals surface area contributed by atoms with E-state index in [4.69, 9.17) is 6.15 Å². The van der Waals surface area contributed by atoms with Crippen LogP contribution in [-0.2, 0) is 0 Å². The van der Waals surface area contributed by atoms with Crippen LogP contribution in [0.5, 0.6) is 11.5 Å². The average Bonchev–Trinajstić information content (AvgIpc) is 2.72. The first kappa shape index (κ1) is 13.6. The Morgan fingerprint density at radius 3 is 1.53 bits per heavy atom. The van der Waals surface area contributed by atoms with Gasteiger partial charge in [0.1, 0.15) is 0 Å². The average molecular weight is 361 g/mol. The third kappa shape index (κ3) is 4.10. The summed E-state index contributed by atoms with van der Waals surface area (Å²) in [4.78, 5) is 23.1. The zero-order valence-electron chi connectivity index (χ0n) is 9.91. The molecule has 0 aliphatic heterocycles. The molecule has 0 aliphatic rings. The van der Waals surface area contributed by atoms with Crippen LogP contribution in [0.15, 0.2) is 70.3 Å². The second-order valence-electron chi connectivity index (χ2n) is 3.57. The van der Waals surface area contributed by atoms with Gasteiger partial charge >= 0.3 is 121 Å². The fourth-order valence-corrected chi connectivity index (χ4v) is 2.90. The molecule has 0 N–H and O–H groups in total. The minimum atomic E-state index is -1.78. The van der Waals surface area contributed by atoms with Crippen LogP contribution in [0.3, 0.4) is 0 Å². The molecule has 2 aromatic carbocycles. The minimum absolute atomic E-state index is 0.199. The van der Waals surface area contributed by atoms with Crippen molar-refractivity contribution in [2.24, 2.45) is 0 Å². The zero-order chi connectivity index (χ0) is 13.5. The summed E-state index contributed by atoms with van der Waals surface area (Å²) in [5.74, 6) is 0.508. The molecule has 2 rings (SSSR count). The summed E-state index contributed by atoms with van der Waals surface area (Å²) in [5, 5.41) is 0. The number of rotatable bonds is 4. The van der Waals surface area contributed by atoms with Crippen LogP contribution in [0, 0.1) is 0 Å². The monoisotopic (exact) mass is 362 g/mol. The predicted molar refractivity (Wildman–Crippen MR) is 72.4 cm³/mol. The zero-order valence-corrected chi connectivity index (χ0v) is 12.8. The Labute approximate surface area is 121 Å². The van der Waals surface area contributed by atoms with Gasteiger partial charge in [-0.05, 0) is 0 Å². The molecule has 0 heterocycles. The van der Waals surface area contributed by atoms with Gasteiger partial charge in [0.25, 0.3) is 0 Å². The molecule has 5 heteroatoms. The molecule has 0 fully saturated rings.